The zero-order valence-corrected chi connectivity index (χ0v) is 18.3. The summed E-state index contributed by atoms with van der Waals surface area (Å²) in [5, 5.41) is 0. The van der Waals surface area contributed by atoms with Gasteiger partial charge in [-0.15, -0.1) is 0 Å². The van der Waals surface area contributed by atoms with E-state index in [4.69, 9.17) is 4.74 Å². The number of imide groups is 1. The van der Waals surface area contributed by atoms with Gasteiger partial charge in [0.25, 0.3) is 5.91 Å². The largest absolute Gasteiger partial charge is 0.447 e. The lowest BCUT2D eigenvalue weighted by Crippen LogP contribution is -2.42. The van der Waals surface area contributed by atoms with E-state index < -0.39 is 6.09 Å². The van der Waals surface area contributed by atoms with Crippen LogP contribution in [0.3, 0.4) is 0 Å². The lowest BCUT2D eigenvalue weighted by atomic mass is 10.1. The van der Waals surface area contributed by atoms with Crippen molar-refractivity contribution in [1.82, 2.24) is 9.80 Å². The number of amides is 3. The van der Waals surface area contributed by atoms with Crippen molar-refractivity contribution in [2.24, 2.45) is 0 Å². The molecule has 0 saturated carbocycles. The Hall–Kier alpha value is -3.93. The summed E-state index contributed by atoms with van der Waals surface area (Å²) in [6, 6.07) is 28.0. The van der Waals surface area contributed by atoms with Gasteiger partial charge >= 0.3 is 6.09 Å². The maximum absolute atomic E-state index is 13.2. The first-order valence-corrected chi connectivity index (χ1v) is 11.0. The lowest BCUT2D eigenvalue weighted by molar-refractivity contribution is -0.129. The number of hydrogen-bond donors (Lipinski definition) is 0. The van der Waals surface area contributed by atoms with Gasteiger partial charge < -0.3 is 9.64 Å². The standard InChI is InChI=1S/C27H26N2O4/c30-25(29-24(20-33-27(29)32)18-21-10-4-1-5-11-21)16-17-28(19-22-12-6-2-7-13-22)26(31)23-14-8-3-9-15-23/h1-15,24H,16-20H2/t24-/m0/s1. The molecule has 6 nitrogen and oxygen atoms in total. The van der Waals surface area contributed by atoms with Crippen molar-refractivity contribution >= 4 is 17.9 Å². The van der Waals surface area contributed by atoms with Crippen molar-refractivity contribution in [3.63, 3.8) is 0 Å². The SMILES string of the molecule is O=C(c1ccccc1)N(CCC(=O)N1C(=O)OC[C@@H]1Cc1ccccc1)Cc1ccccc1. The third kappa shape index (κ3) is 5.66. The summed E-state index contributed by atoms with van der Waals surface area (Å²) in [5.41, 5.74) is 2.56. The molecule has 0 radical (unpaired) electrons. The highest BCUT2D eigenvalue weighted by Gasteiger charge is 2.37. The fourth-order valence-electron chi connectivity index (χ4n) is 3.97. The molecule has 3 aromatic rings. The van der Waals surface area contributed by atoms with Crippen molar-refractivity contribution in [1.29, 1.82) is 0 Å². The van der Waals surface area contributed by atoms with Gasteiger partial charge in [0, 0.05) is 25.1 Å². The normalized spacial score (nSPS) is 15.2. The molecule has 168 valence electrons. The molecule has 1 aliphatic rings. The van der Waals surface area contributed by atoms with Gasteiger partial charge in [-0.3, -0.25) is 9.59 Å². The van der Waals surface area contributed by atoms with Gasteiger partial charge in [0.2, 0.25) is 5.91 Å². The number of hydrogen-bond acceptors (Lipinski definition) is 4. The zero-order chi connectivity index (χ0) is 23.0. The van der Waals surface area contributed by atoms with E-state index >= 15 is 0 Å². The van der Waals surface area contributed by atoms with Crippen LogP contribution in [-0.2, 0) is 22.5 Å². The Balaban J connectivity index is 1.46. The second-order valence-electron chi connectivity index (χ2n) is 8.01. The summed E-state index contributed by atoms with van der Waals surface area (Å²) in [6.07, 6.45) is -0.0502. The Bertz CT molecular complexity index is 1090. The molecule has 33 heavy (non-hydrogen) atoms. The minimum absolute atomic E-state index is 0.0335. The topological polar surface area (TPSA) is 66.9 Å². The van der Waals surface area contributed by atoms with E-state index in [0.717, 1.165) is 11.1 Å². The third-order valence-corrected chi connectivity index (χ3v) is 5.66. The molecule has 0 aliphatic carbocycles. The highest BCUT2D eigenvalue weighted by Crippen LogP contribution is 2.19. The molecule has 6 heteroatoms. The Kier molecular flexibility index (Phi) is 7.15. The van der Waals surface area contributed by atoms with Crippen LogP contribution in [0.15, 0.2) is 91.0 Å². The highest BCUT2D eigenvalue weighted by molar-refractivity contribution is 5.96. The third-order valence-electron chi connectivity index (χ3n) is 5.66. The number of nitrogens with zero attached hydrogens (tertiary/aromatic N) is 2. The molecule has 1 heterocycles. The average Bonchev–Trinajstić information content (AvgIpc) is 3.22. The van der Waals surface area contributed by atoms with Gasteiger partial charge in [-0.2, -0.15) is 0 Å². The first kappa shape index (κ1) is 22.3. The number of cyclic esters (lactones) is 1. The van der Waals surface area contributed by atoms with Crippen LogP contribution in [0.1, 0.15) is 27.9 Å². The van der Waals surface area contributed by atoms with Gasteiger partial charge in [0.05, 0.1) is 6.04 Å². The number of carbonyl (C=O) groups excluding carboxylic acids is 3. The van der Waals surface area contributed by atoms with Crippen LogP contribution in [0.4, 0.5) is 4.79 Å². The van der Waals surface area contributed by atoms with Gasteiger partial charge in [0.1, 0.15) is 6.61 Å². The van der Waals surface area contributed by atoms with Crippen molar-refractivity contribution in [3.05, 3.63) is 108 Å². The van der Waals surface area contributed by atoms with Crippen molar-refractivity contribution in [2.75, 3.05) is 13.2 Å². The van der Waals surface area contributed by atoms with Crippen molar-refractivity contribution in [2.45, 2.75) is 25.4 Å². The number of rotatable bonds is 8. The fraction of sp³-hybridized carbons (Fsp3) is 0.222. The van der Waals surface area contributed by atoms with Crippen LogP contribution < -0.4 is 0 Å². The Morgan fingerprint density at radius 3 is 2.06 bits per heavy atom. The van der Waals surface area contributed by atoms with Crippen LogP contribution in [0.5, 0.6) is 0 Å². The maximum Gasteiger partial charge on any atom is 0.416 e. The van der Waals surface area contributed by atoms with E-state index in [0.29, 0.717) is 18.5 Å². The molecular weight excluding hydrogens is 416 g/mol. The van der Waals surface area contributed by atoms with E-state index in [2.05, 4.69) is 0 Å². The Morgan fingerprint density at radius 2 is 1.42 bits per heavy atom. The van der Waals surface area contributed by atoms with Gasteiger partial charge in [0.15, 0.2) is 0 Å². The molecule has 3 amide bonds. The monoisotopic (exact) mass is 442 g/mol. The van der Waals surface area contributed by atoms with Crippen LogP contribution in [0.25, 0.3) is 0 Å². The number of ether oxygens (including phenoxy) is 1. The van der Waals surface area contributed by atoms with Crippen LogP contribution in [-0.4, -0.2) is 46.9 Å². The average molecular weight is 443 g/mol. The van der Waals surface area contributed by atoms with Crippen LogP contribution >= 0.6 is 0 Å². The van der Waals surface area contributed by atoms with Gasteiger partial charge in [-0.25, -0.2) is 9.69 Å². The van der Waals surface area contributed by atoms with Crippen LogP contribution in [0.2, 0.25) is 0 Å². The van der Waals surface area contributed by atoms with E-state index in [1.54, 1.807) is 17.0 Å². The van der Waals surface area contributed by atoms with Crippen molar-refractivity contribution in [3.8, 4) is 0 Å². The highest BCUT2D eigenvalue weighted by atomic mass is 16.6. The van der Waals surface area contributed by atoms with E-state index in [9.17, 15) is 14.4 Å². The minimum Gasteiger partial charge on any atom is -0.447 e. The molecular formula is C27H26N2O4. The summed E-state index contributed by atoms with van der Waals surface area (Å²) in [4.78, 5) is 41.4. The summed E-state index contributed by atoms with van der Waals surface area (Å²) < 4.78 is 5.18. The zero-order valence-electron chi connectivity index (χ0n) is 18.3. The minimum atomic E-state index is -0.620. The maximum atomic E-state index is 13.2. The van der Waals surface area contributed by atoms with E-state index in [1.165, 1.54) is 4.90 Å². The molecule has 1 fully saturated rings. The van der Waals surface area contributed by atoms with E-state index in [-0.39, 0.29) is 37.4 Å². The summed E-state index contributed by atoms with van der Waals surface area (Å²) in [5.74, 6) is -0.491. The molecule has 1 aliphatic heterocycles. The molecule has 0 spiro atoms. The lowest BCUT2D eigenvalue weighted by Gasteiger charge is -2.25. The Labute approximate surface area is 193 Å². The molecule has 0 bridgehead atoms. The number of benzene rings is 3. The molecule has 3 aromatic carbocycles. The number of carbonyl (C=O) groups is 3. The predicted octanol–water partition coefficient (Wildman–Crippen LogP) is 4.31. The Morgan fingerprint density at radius 1 is 0.848 bits per heavy atom. The first-order valence-electron chi connectivity index (χ1n) is 11.0. The first-order chi connectivity index (χ1) is 16.1. The summed E-state index contributed by atoms with van der Waals surface area (Å²) in [6.45, 7) is 0.749. The fourth-order valence-corrected chi connectivity index (χ4v) is 3.97. The molecule has 1 saturated heterocycles. The predicted molar refractivity (Wildman–Crippen MR) is 124 cm³/mol. The summed E-state index contributed by atoms with van der Waals surface area (Å²) >= 11 is 0. The second-order valence-corrected chi connectivity index (χ2v) is 8.01. The van der Waals surface area contributed by atoms with Gasteiger partial charge in [-0.05, 0) is 29.7 Å². The van der Waals surface area contributed by atoms with E-state index in [1.807, 2.05) is 78.9 Å². The molecule has 4 rings (SSSR count). The van der Waals surface area contributed by atoms with Crippen molar-refractivity contribution < 1.29 is 19.1 Å². The van der Waals surface area contributed by atoms with Crippen LogP contribution in [0, 0.1) is 0 Å². The second kappa shape index (κ2) is 10.6. The smallest absolute Gasteiger partial charge is 0.416 e. The molecule has 1 atom stereocenters. The molecule has 0 N–H and O–H groups in total. The summed E-state index contributed by atoms with van der Waals surface area (Å²) in [7, 11) is 0. The molecule has 0 unspecified atom stereocenters. The quantitative estimate of drug-likeness (QED) is 0.521. The molecule has 0 aromatic heterocycles. The van der Waals surface area contributed by atoms with Gasteiger partial charge in [-0.1, -0.05) is 78.9 Å².